The highest BCUT2D eigenvalue weighted by molar-refractivity contribution is 5.80. The number of aromatic nitrogens is 2. The van der Waals surface area contributed by atoms with E-state index in [1.807, 2.05) is 12.3 Å². The van der Waals surface area contributed by atoms with E-state index in [9.17, 15) is 0 Å². The lowest BCUT2D eigenvalue weighted by Crippen LogP contribution is -2.34. The third kappa shape index (κ3) is 3.52. The molecule has 0 saturated carbocycles. The maximum Gasteiger partial charge on any atom is 0.188 e. The molecule has 112 valence electrons. The smallest absolute Gasteiger partial charge is 0.188 e. The number of H-pyrrole nitrogens is 1. The summed E-state index contributed by atoms with van der Waals surface area (Å²) in [7, 11) is 0. The molecule has 0 amide bonds. The molecule has 4 N–H and O–H groups in total. The van der Waals surface area contributed by atoms with Crippen molar-refractivity contribution in [2.24, 2.45) is 10.7 Å². The fraction of sp³-hybridized carbons (Fsp3) is 0.467. The highest BCUT2D eigenvalue weighted by Gasteiger charge is 2.14. The van der Waals surface area contributed by atoms with Crippen LogP contribution in [0.25, 0.3) is 11.0 Å². The van der Waals surface area contributed by atoms with Gasteiger partial charge >= 0.3 is 0 Å². The summed E-state index contributed by atoms with van der Waals surface area (Å²) in [4.78, 5) is 11.8. The van der Waals surface area contributed by atoms with E-state index < -0.39 is 0 Å². The molecule has 3 rings (SSSR count). The average molecular weight is 287 g/mol. The van der Waals surface area contributed by atoms with Gasteiger partial charge in [0.05, 0.1) is 12.6 Å². The molecule has 6 heteroatoms. The van der Waals surface area contributed by atoms with Crippen LogP contribution in [-0.2, 0) is 11.2 Å². The number of aliphatic imine (C=N–C) groups is 1. The summed E-state index contributed by atoms with van der Waals surface area (Å²) in [5.74, 6) is 0.489. The number of pyridine rings is 1. The van der Waals surface area contributed by atoms with Crippen LogP contribution in [0.5, 0.6) is 0 Å². The standard InChI is InChI=1S/C15H21N5O/c16-15(20-10-12-3-2-8-21-12)18-7-5-11-9-19-14-13(11)4-1-6-17-14/h1,4,6,9,12H,2-3,5,7-8,10H2,(H,17,19)(H3,16,18,20). The Morgan fingerprint density at radius 2 is 2.52 bits per heavy atom. The molecule has 0 bridgehead atoms. The summed E-state index contributed by atoms with van der Waals surface area (Å²) < 4.78 is 5.51. The fourth-order valence-corrected chi connectivity index (χ4v) is 2.59. The van der Waals surface area contributed by atoms with Gasteiger partial charge in [0.15, 0.2) is 5.96 Å². The van der Waals surface area contributed by atoms with Crippen LogP contribution in [0.1, 0.15) is 18.4 Å². The topological polar surface area (TPSA) is 88.3 Å². The normalized spacial score (nSPS) is 19.2. The molecule has 0 radical (unpaired) electrons. The van der Waals surface area contributed by atoms with E-state index in [4.69, 9.17) is 10.5 Å². The maximum atomic E-state index is 5.87. The lowest BCUT2D eigenvalue weighted by atomic mass is 10.1. The second-order valence-electron chi connectivity index (χ2n) is 5.25. The fourth-order valence-electron chi connectivity index (χ4n) is 2.59. The van der Waals surface area contributed by atoms with Crippen molar-refractivity contribution < 1.29 is 4.74 Å². The first kappa shape index (κ1) is 13.9. The Kier molecular flexibility index (Phi) is 4.35. The highest BCUT2D eigenvalue weighted by Crippen LogP contribution is 2.15. The third-order valence-electron chi connectivity index (χ3n) is 3.73. The molecule has 0 spiro atoms. The maximum absolute atomic E-state index is 5.87. The minimum atomic E-state index is 0.241. The third-order valence-corrected chi connectivity index (χ3v) is 3.73. The van der Waals surface area contributed by atoms with Crippen molar-refractivity contribution in [3.8, 4) is 0 Å². The molecule has 6 nitrogen and oxygen atoms in total. The molecule has 1 unspecified atom stereocenters. The largest absolute Gasteiger partial charge is 0.376 e. The van der Waals surface area contributed by atoms with Gasteiger partial charge in [-0.1, -0.05) is 0 Å². The molecule has 1 atom stereocenters. The molecular formula is C15H21N5O. The molecule has 1 saturated heterocycles. The van der Waals surface area contributed by atoms with Crippen LogP contribution >= 0.6 is 0 Å². The van der Waals surface area contributed by atoms with Crippen LogP contribution in [0.2, 0.25) is 0 Å². The minimum absolute atomic E-state index is 0.241. The van der Waals surface area contributed by atoms with Gasteiger partial charge in [-0.15, -0.1) is 0 Å². The van der Waals surface area contributed by atoms with E-state index in [0.717, 1.165) is 43.4 Å². The second-order valence-corrected chi connectivity index (χ2v) is 5.25. The van der Waals surface area contributed by atoms with Crippen molar-refractivity contribution in [3.05, 3.63) is 30.1 Å². The van der Waals surface area contributed by atoms with Gasteiger partial charge in [-0.25, -0.2) is 4.98 Å². The Balaban J connectivity index is 1.47. The van der Waals surface area contributed by atoms with Crippen molar-refractivity contribution in [3.63, 3.8) is 0 Å². The first-order valence-corrected chi connectivity index (χ1v) is 7.39. The SMILES string of the molecule is NC(=NCC1CCCO1)NCCc1c[nH]c2ncccc12. The lowest BCUT2D eigenvalue weighted by molar-refractivity contribution is 0.118. The number of rotatable bonds is 5. The van der Waals surface area contributed by atoms with Crippen LogP contribution in [0, 0.1) is 0 Å². The number of guanidine groups is 1. The van der Waals surface area contributed by atoms with Crippen LogP contribution in [0.3, 0.4) is 0 Å². The van der Waals surface area contributed by atoms with Crippen molar-refractivity contribution >= 4 is 17.0 Å². The zero-order chi connectivity index (χ0) is 14.5. The van der Waals surface area contributed by atoms with E-state index >= 15 is 0 Å². The summed E-state index contributed by atoms with van der Waals surface area (Å²) in [6.45, 7) is 2.25. The molecule has 21 heavy (non-hydrogen) atoms. The van der Waals surface area contributed by atoms with Crippen LogP contribution in [0.4, 0.5) is 0 Å². The lowest BCUT2D eigenvalue weighted by Gasteiger charge is -2.08. The highest BCUT2D eigenvalue weighted by atomic mass is 16.5. The molecule has 0 aromatic carbocycles. The summed E-state index contributed by atoms with van der Waals surface area (Å²) in [6.07, 6.45) is 7.11. The predicted molar refractivity (Wildman–Crippen MR) is 83.3 cm³/mol. The number of ether oxygens (including phenoxy) is 1. The van der Waals surface area contributed by atoms with Gasteiger partial charge in [0, 0.05) is 30.9 Å². The average Bonchev–Trinajstić information content (AvgIpc) is 3.15. The summed E-state index contributed by atoms with van der Waals surface area (Å²) in [5.41, 5.74) is 8.02. The van der Waals surface area contributed by atoms with E-state index in [1.165, 1.54) is 5.56 Å². The van der Waals surface area contributed by atoms with Gasteiger partial charge in [0.1, 0.15) is 5.65 Å². The number of fused-ring (bicyclic) bond motifs is 1. The van der Waals surface area contributed by atoms with Crippen LogP contribution in [0.15, 0.2) is 29.5 Å². The number of nitrogens with two attached hydrogens (primary N) is 1. The first-order chi connectivity index (χ1) is 10.3. The van der Waals surface area contributed by atoms with Crippen molar-refractivity contribution in [1.82, 2.24) is 15.3 Å². The summed E-state index contributed by atoms with van der Waals surface area (Å²) >= 11 is 0. The van der Waals surface area contributed by atoms with Crippen molar-refractivity contribution in [2.75, 3.05) is 19.7 Å². The Bertz CT molecular complexity index is 615. The number of nitrogens with one attached hydrogen (secondary N) is 2. The van der Waals surface area contributed by atoms with E-state index in [0.29, 0.717) is 12.5 Å². The van der Waals surface area contributed by atoms with E-state index in [1.54, 1.807) is 6.20 Å². The molecule has 1 aliphatic rings. The molecule has 2 aromatic rings. The Labute approximate surface area is 123 Å². The predicted octanol–water partition coefficient (Wildman–Crippen LogP) is 1.19. The molecule has 0 aliphatic carbocycles. The number of nitrogens with zero attached hydrogens (tertiary/aromatic N) is 2. The van der Waals surface area contributed by atoms with E-state index in [-0.39, 0.29) is 6.10 Å². The Morgan fingerprint density at radius 3 is 3.38 bits per heavy atom. The molecular weight excluding hydrogens is 266 g/mol. The summed E-state index contributed by atoms with van der Waals surface area (Å²) in [6, 6.07) is 4.02. The second kappa shape index (κ2) is 6.58. The van der Waals surface area contributed by atoms with Crippen molar-refractivity contribution in [2.45, 2.75) is 25.4 Å². The molecule has 3 heterocycles. The number of aromatic amines is 1. The molecule has 2 aromatic heterocycles. The zero-order valence-corrected chi connectivity index (χ0v) is 12.0. The van der Waals surface area contributed by atoms with Gasteiger partial charge in [-0.05, 0) is 37.0 Å². The minimum Gasteiger partial charge on any atom is -0.376 e. The van der Waals surface area contributed by atoms with Gasteiger partial charge < -0.3 is 20.8 Å². The van der Waals surface area contributed by atoms with Crippen molar-refractivity contribution in [1.29, 1.82) is 0 Å². The monoisotopic (exact) mass is 287 g/mol. The van der Waals surface area contributed by atoms with Gasteiger partial charge in [-0.2, -0.15) is 0 Å². The Morgan fingerprint density at radius 1 is 1.57 bits per heavy atom. The first-order valence-electron chi connectivity index (χ1n) is 7.39. The van der Waals surface area contributed by atoms with Gasteiger partial charge in [0.2, 0.25) is 0 Å². The number of hydrogen-bond acceptors (Lipinski definition) is 3. The molecule has 1 aliphatic heterocycles. The van der Waals surface area contributed by atoms with Gasteiger partial charge in [-0.3, -0.25) is 4.99 Å². The van der Waals surface area contributed by atoms with E-state index in [2.05, 4.69) is 26.3 Å². The zero-order valence-electron chi connectivity index (χ0n) is 12.0. The quantitative estimate of drug-likeness (QED) is 0.569. The number of hydrogen-bond donors (Lipinski definition) is 3. The van der Waals surface area contributed by atoms with Crippen LogP contribution < -0.4 is 11.1 Å². The summed E-state index contributed by atoms with van der Waals surface area (Å²) in [5, 5.41) is 4.31. The van der Waals surface area contributed by atoms with Crippen LogP contribution in [-0.4, -0.2) is 41.7 Å². The Hall–Kier alpha value is -2.08. The molecule has 1 fully saturated rings. The van der Waals surface area contributed by atoms with Gasteiger partial charge in [0.25, 0.3) is 0 Å².